The second-order valence-electron chi connectivity index (χ2n) is 4.70. The maximum atomic E-state index is 11.6. The molecule has 0 heterocycles. The molecule has 0 aromatic rings. The molecular weight excluding hydrogens is 650 g/mol. The van der Waals surface area contributed by atoms with Crippen molar-refractivity contribution in [2.75, 3.05) is 0 Å². The summed E-state index contributed by atoms with van der Waals surface area (Å²) in [7, 11) is -5.17. The Morgan fingerprint density at radius 3 is 0.429 bits per heavy atom. The molecule has 0 aliphatic carbocycles. The molecule has 0 aliphatic rings. The number of hydrogen-bond donors (Lipinski definition) is 0. The first kappa shape index (κ1) is 46.6. The molecule has 0 aromatic heterocycles. The van der Waals surface area contributed by atoms with E-state index in [1.54, 1.807) is 0 Å². The summed E-state index contributed by atoms with van der Waals surface area (Å²) in [4.78, 5) is 0. The molecule has 0 amide bonds. The van der Waals surface area contributed by atoms with Gasteiger partial charge >= 0.3 is 151 Å². The second kappa shape index (κ2) is 13.9. The van der Waals surface area contributed by atoms with Crippen LogP contribution in [0, 0.1) is 0 Å². The van der Waals surface area contributed by atoms with E-state index in [1.165, 1.54) is 0 Å². The van der Waals surface area contributed by atoms with Crippen LogP contribution in [-0.4, -0.2) is 65.9 Å². The van der Waals surface area contributed by atoms with Gasteiger partial charge in [0, 0.05) is 10.4 Å². The predicted molar refractivity (Wildman–Crippen MR) is 54.5 cm³/mol. The molecule has 204 valence electrons. The topological polar surface area (TPSA) is 80.3 Å². The average molecular weight is 650 g/mol. The number of alkyl halides is 20. The zero-order chi connectivity index (χ0) is 28.5. The first-order valence-electron chi connectivity index (χ1n) is 5.95. The molecule has 4 nitrogen and oxygen atoms in total. The Morgan fingerprint density at radius 1 is 0.343 bits per heavy atom. The van der Waals surface area contributed by atoms with Crippen LogP contribution in [0.2, 0.25) is 0 Å². The van der Waals surface area contributed by atoms with Crippen molar-refractivity contribution >= 4 is 10.4 Å². The van der Waals surface area contributed by atoms with Gasteiger partial charge in [-0.1, -0.05) is 0 Å². The third-order valence-electron chi connectivity index (χ3n) is 2.21. The van der Waals surface area contributed by atoms with E-state index in [1.807, 2.05) is 0 Å². The third kappa shape index (κ3) is 13.1. The molecule has 27 heteroatoms. The fourth-order valence-electron chi connectivity index (χ4n) is 0.712. The van der Waals surface area contributed by atoms with Crippen LogP contribution in [0.25, 0.3) is 0 Å². The molecule has 0 spiro atoms. The maximum Gasteiger partial charge on any atom is 1.00 e. The summed E-state index contributed by atoms with van der Waals surface area (Å²) < 4.78 is 261. The van der Waals surface area contributed by atoms with E-state index >= 15 is 0 Å². The van der Waals surface area contributed by atoms with Gasteiger partial charge in [-0.25, -0.2) is 0 Å². The van der Waals surface area contributed by atoms with E-state index in [9.17, 15) is 87.8 Å². The van der Waals surface area contributed by atoms with Crippen LogP contribution < -0.4 is 103 Å². The van der Waals surface area contributed by atoms with Crippen molar-refractivity contribution in [2.45, 2.75) is 48.4 Å². The van der Waals surface area contributed by atoms with Gasteiger partial charge in [0.2, 0.25) is 0 Å². The fourth-order valence-corrected chi connectivity index (χ4v) is 0.712. The summed E-state index contributed by atoms with van der Waals surface area (Å²) in [5.41, 5.74) is 0. The summed E-state index contributed by atoms with van der Waals surface area (Å²) >= 11 is 0. The Morgan fingerprint density at radius 2 is 0.400 bits per heavy atom. The number of halogens is 20. The van der Waals surface area contributed by atoms with Crippen molar-refractivity contribution in [1.82, 2.24) is 0 Å². The van der Waals surface area contributed by atoms with Gasteiger partial charge in [0.05, 0.1) is 0 Å². The summed E-state index contributed by atoms with van der Waals surface area (Å²) in [5, 5.41) is 0. The Hall–Kier alpha value is 1.74. The normalized spacial score (nSPS) is 14.3. The summed E-state index contributed by atoms with van der Waals surface area (Å²) in [6.07, 6.45) is -27.9. The summed E-state index contributed by atoms with van der Waals surface area (Å²) in [6.45, 7) is 0. The molecule has 35 heavy (non-hydrogen) atoms. The second-order valence-corrected chi connectivity index (χ2v) is 5.51. The van der Waals surface area contributed by atoms with E-state index in [2.05, 4.69) is 0 Å². The van der Waals surface area contributed by atoms with Crippen molar-refractivity contribution in [1.29, 1.82) is 0 Å². The Labute approximate surface area is 263 Å². The molecule has 0 aliphatic heterocycles. The first-order valence-corrected chi connectivity index (χ1v) is 7.28. The Bertz CT molecular complexity index is 628. The molecule has 0 unspecified atom stereocenters. The SMILES string of the molecule is FC(F)(F)C(F)(F)C(F)(F)C(F)(F)F.FC(F)(F)C(F)(F)C(F)(F)C(F)(F)F.O=S(=O)([O-])[O-].[K+].[K+]. The van der Waals surface area contributed by atoms with Gasteiger partial charge < -0.3 is 9.11 Å². The van der Waals surface area contributed by atoms with Crippen LogP contribution in [0.4, 0.5) is 87.8 Å². The van der Waals surface area contributed by atoms with Crippen LogP contribution in [0.15, 0.2) is 0 Å². The zero-order valence-corrected chi connectivity index (χ0v) is 22.7. The maximum absolute atomic E-state index is 11.6. The zero-order valence-electron chi connectivity index (χ0n) is 15.6. The van der Waals surface area contributed by atoms with Gasteiger partial charge in [0.1, 0.15) is 0 Å². The Kier molecular flexibility index (Phi) is 18.5. The molecule has 0 atom stereocenters. The quantitative estimate of drug-likeness (QED) is 0.174. The van der Waals surface area contributed by atoms with Crippen molar-refractivity contribution in [3.63, 3.8) is 0 Å². The van der Waals surface area contributed by atoms with Crippen LogP contribution in [0.1, 0.15) is 0 Å². The minimum absolute atomic E-state index is 0. The largest absolute Gasteiger partial charge is 1.00 e. The van der Waals surface area contributed by atoms with Crippen LogP contribution in [-0.2, 0) is 10.4 Å². The van der Waals surface area contributed by atoms with Crippen molar-refractivity contribution < 1.29 is 208 Å². The van der Waals surface area contributed by atoms with Gasteiger partial charge in [0.25, 0.3) is 0 Å². The summed E-state index contributed by atoms with van der Waals surface area (Å²) in [6, 6.07) is 0. The molecule has 0 aromatic carbocycles. The minimum atomic E-state index is -7.14. The van der Waals surface area contributed by atoms with E-state index in [0.29, 0.717) is 0 Å². The molecule has 0 radical (unpaired) electrons. The molecule has 0 bridgehead atoms. The van der Waals surface area contributed by atoms with Crippen molar-refractivity contribution in [3.8, 4) is 0 Å². The van der Waals surface area contributed by atoms with Gasteiger partial charge in [-0.3, -0.25) is 8.42 Å². The van der Waals surface area contributed by atoms with E-state index in [4.69, 9.17) is 17.5 Å². The monoisotopic (exact) mass is 650 g/mol. The molecule has 0 saturated heterocycles. The smallest absolute Gasteiger partial charge is 0.759 e. The van der Waals surface area contributed by atoms with Gasteiger partial charge in [-0.2, -0.15) is 87.8 Å². The summed E-state index contributed by atoms with van der Waals surface area (Å²) in [5.74, 6) is -28.6. The van der Waals surface area contributed by atoms with E-state index < -0.39 is 58.8 Å². The third-order valence-corrected chi connectivity index (χ3v) is 2.21. The van der Waals surface area contributed by atoms with Crippen molar-refractivity contribution in [2.24, 2.45) is 0 Å². The van der Waals surface area contributed by atoms with Crippen molar-refractivity contribution in [3.05, 3.63) is 0 Å². The van der Waals surface area contributed by atoms with Gasteiger partial charge in [-0.15, -0.1) is 0 Å². The molecule has 0 fully saturated rings. The molecule has 0 saturated carbocycles. The average Bonchev–Trinajstić information content (AvgIpc) is 2.40. The Balaban J connectivity index is -0.000000137. The first-order chi connectivity index (χ1) is 13.5. The predicted octanol–water partition coefficient (Wildman–Crippen LogP) is -0.567. The minimum Gasteiger partial charge on any atom is -0.759 e. The van der Waals surface area contributed by atoms with Crippen LogP contribution in [0.3, 0.4) is 0 Å². The molecule has 0 rings (SSSR count). The standard InChI is InChI=1S/2C4F10.2K.H2O4S/c2*5-1(6,3(9,10)11)2(7,8)4(12,13)14;;;1-5(2,3)4/h;;;;(H2,1,2,3,4)/q;;2*+1;/p-2. The van der Waals surface area contributed by atoms with Gasteiger partial charge in [0.15, 0.2) is 0 Å². The van der Waals surface area contributed by atoms with Gasteiger partial charge in [-0.05, 0) is 0 Å². The molecule has 0 N–H and O–H groups in total. The van der Waals surface area contributed by atoms with E-state index in [0.717, 1.165) is 0 Å². The number of hydrogen-bond acceptors (Lipinski definition) is 4. The molecular formula is C8F20K2O4S. The van der Waals surface area contributed by atoms with Crippen LogP contribution in [0.5, 0.6) is 0 Å². The number of rotatable bonds is 2. The van der Waals surface area contributed by atoms with Crippen LogP contribution >= 0.6 is 0 Å². The fraction of sp³-hybridized carbons (Fsp3) is 1.00. The van der Waals surface area contributed by atoms with E-state index in [-0.39, 0.29) is 103 Å².